The molecule has 0 aromatic carbocycles. The molecule has 0 aliphatic rings. The Balaban J connectivity index is 2.73. The van der Waals surface area contributed by atoms with E-state index < -0.39 is 0 Å². The summed E-state index contributed by atoms with van der Waals surface area (Å²) in [6.45, 7) is 4.23. The van der Waals surface area contributed by atoms with Gasteiger partial charge in [0, 0.05) is 20.3 Å². The van der Waals surface area contributed by atoms with E-state index in [0.717, 1.165) is 12.1 Å². The lowest BCUT2D eigenvalue weighted by Gasteiger charge is -2.15. The molecule has 0 saturated heterocycles. The lowest BCUT2D eigenvalue weighted by molar-refractivity contribution is 0.859. The summed E-state index contributed by atoms with van der Waals surface area (Å²) >= 11 is 0. The molecule has 0 N–H and O–H groups in total. The van der Waals surface area contributed by atoms with Gasteiger partial charge in [-0.3, -0.25) is 0 Å². The van der Waals surface area contributed by atoms with Gasteiger partial charge in [-0.05, 0) is 31.0 Å². The van der Waals surface area contributed by atoms with Crippen LogP contribution in [0.25, 0.3) is 5.52 Å². The number of hydrogen-bond acceptors (Lipinski definition) is 2. The third kappa shape index (κ3) is 1.69. The van der Waals surface area contributed by atoms with E-state index in [9.17, 15) is 0 Å². The average Bonchev–Trinajstić information content (AvgIpc) is 2.55. The zero-order valence-electron chi connectivity index (χ0n) is 9.78. The van der Waals surface area contributed by atoms with Crippen LogP contribution in [0.2, 0.25) is 0 Å². The van der Waals surface area contributed by atoms with Gasteiger partial charge in [0.25, 0.3) is 0 Å². The molecular weight excluding hydrogens is 186 g/mol. The van der Waals surface area contributed by atoms with Crippen LogP contribution in [0.3, 0.4) is 0 Å². The van der Waals surface area contributed by atoms with Crippen molar-refractivity contribution < 1.29 is 0 Å². The van der Waals surface area contributed by atoms with Crippen LogP contribution in [0.15, 0.2) is 18.3 Å². The van der Waals surface area contributed by atoms with Crippen LogP contribution in [0.1, 0.15) is 18.2 Å². The van der Waals surface area contributed by atoms with Crippen molar-refractivity contribution in [3.05, 3.63) is 29.6 Å². The van der Waals surface area contributed by atoms with E-state index in [4.69, 9.17) is 0 Å². The molecule has 2 rings (SSSR count). The first-order chi connectivity index (χ1) is 7.11. The van der Waals surface area contributed by atoms with Gasteiger partial charge in [-0.15, -0.1) is 0 Å². The quantitative estimate of drug-likeness (QED) is 0.746. The number of hydrogen-bond donors (Lipinski definition) is 0. The molecule has 2 heterocycles. The number of aryl methyl sites for hydroxylation is 2. The highest BCUT2D eigenvalue weighted by molar-refractivity contribution is 5.73. The minimum atomic E-state index is 0.966. The number of anilines is 1. The maximum atomic E-state index is 4.55. The van der Waals surface area contributed by atoms with Crippen LogP contribution in [-0.4, -0.2) is 23.7 Å². The second kappa shape index (κ2) is 3.57. The van der Waals surface area contributed by atoms with Crippen LogP contribution < -0.4 is 4.90 Å². The molecule has 2 aromatic heterocycles. The highest BCUT2D eigenvalue weighted by atomic mass is 15.2. The van der Waals surface area contributed by atoms with Crippen molar-refractivity contribution in [2.24, 2.45) is 0 Å². The minimum Gasteiger partial charge on any atom is -0.376 e. The molecular formula is C12H17N3. The van der Waals surface area contributed by atoms with Crippen molar-refractivity contribution >= 4 is 11.2 Å². The number of nitrogens with zero attached hydrogens (tertiary/aromatic N) is 3. The second-order valence-corrected chi connectivity index (χ2v) is 4.12. The predicted molar refractivity (Wildman–Crippen MR) is 63.6 cm³/mol. The zero-order valence-corrected chi connectivity index (χ0v) is 9.78. The van der Waals surface area contributed by atoms with Crippen LogP contribution in [0.5, 0.6) is 0 Å². The van der Waals surface area contributed by atoms with Gasteiger partial charge >= 0.3 is 0 Å². The third-order valence-electron chi connectivity index (χ3n) is 2.58. The number of fused-ring (bicyclic) bond motifs is 1. The van der Waals surface area contributed by atoms with Gasteiger partial charge in [0.15, 0.2) is 0 Å². The van der Waals surface area contributed by atoms with Crippen molar-refractivity contribution in [2.75, 3.05) is 19.0 Å². The van der Waals surface area contributed by atoms with Crippen molar-refractivity contribution in [1.29, 1.82) is 0 Å². The second-order valence-electron chi connectivity index (χ2n) is 4.12. The zero-order chi connectivity index (χ0) is 11.0. The topological polar surface area (TPSA) is 20.5 Å². The maximum absolute atomic E-state index is 4.55. The van der Waals surface area contributed by atoms with Gasteiger partial charge in [-0.25, -0.2) is 4.52 Å². The molecule has 3 heteroatoms. The Morgan fingerprint density at radius 1 is 1.33 bits per heavy atom. The Bertz CT molecular complexity index is 483. The molecule has 0 radical (unpaired) electrons. The first-order valence-electron chi connectivity index (χ1n) is 5.28. The summed E-state index contributed by atoms with van der Waals surface area (Å²) in [6.07, 6.45) is 3.04. The van der Waals surface area contributed by atoms with Crippen molar-refractivity contribution in [3.63, 3.8) is 0 Å². The molecule has 3 nitrogen and oxygen atoms in total. The van der Waals surface area contributed by atoms with Gasteiger partial charge in [-0.1, -0.05) is 6.92 Å². The molecule has 15 heavy (non-hydrogen) atoms. The summed E-state index contributed by atoms with van der Waals surface area (Å²) in [4.78, 5) is 2.13. The average molecular weight is 203 g/mol. The van der Waals surface area contributed by atoms with E-state index >= 15 is 0 Å². The summed E-state index contributed by atoms with van der Waals surface area (Å²) in [7, 11) is 4.13. The molecule has 80 valence electrons. The van der Waals surface area contributed by atoms with E-state index in [0.29, 0.717) is 0 Å². The molecule has 0 aliphatic carbocycles. The van der Waals surface area contributed by atoms with Gasteiger partial charge in [0.2, 0.25) is 0 Å². The molecule has 0 atom stereocenters. The van der Waals surface area contributed by atoms with E-state index in [1.165, 1.54) is 16.8 Å². The molecule has 0 unspecified atom stereocenters. The Hall–Kier alpha value is -1.51. The van der Waals surface area contributed by atoms with Crippen molar-refractivity contribution in [3.8, 4) is 0 Å². The fourth-order valence-electron chi connectivity index (χ4n) is 1.79. The predicted octanol–water partition coefficient (Wildman–Crippen LogP) is 2.27. The Kier molecular flexibility index (Phi) is 2.39. The Morgan fingerprint density at radius 2 is 2.07 bits per heavy atom. The Labute approximate surface area is 90.3 Å². The fraction of sp³-hybridized carbons (Fsp3) is 0.417. The smallest absolute Gasteiger partial charge is 0.0882 e. The van der Waals surface area contributed by atoms with E-state index in [1.54, 1.807) is 0 Å². The third-order valence-corrected chi connectivity index (χ3v) is 2.58. The standard InChI is InChI=1S/C12H17N3/c1-5-10-7-11(14(3)4)12-6-9(2)8-15(12)13-10/h6-8H,5H2,1-4H3. The molecule has 0 amide bonds. The monoisotopic (exact) mass is 203 g/mol. The lowest BCUT2D eigenvalue weighted by atomic mass is 10.2. The summed E-state index contributed by atoms with van der Waals surface area (Å²) in [5.74, 6) is 0. The van der Waals surface area contributed by atoms with E-state index in [2.05, 4.69) is 56.3 Å². The molecule has 0 spiro atoms. The maximum Gasteiger partial charge on any atom is 0.0882 e. The van der Waals surface area contributed by atoms with Crippen molar-refractivity contribution in [2.45, 2.75) is 20.3 Å². The minimum absolute atomic E-state index is 0.966. The largest absolute Gasteiger partial charge is 0.376 e. The molecule has 2 aromatic rings. The molecule has 0 aliphatic heterocycles. The van der Waals surface area contributed by atoms with Crippen LogP contribution in [-0.2, 0) is 6.42 Å². The van der Waals surface area contributed by atoms with Crippen LogP contribution >= 0.6 is 0 Å². The van der Waals surface area contributed by atoms with Crippen molar-refractivity contribution in [1.82, 2.24) is 9.61 Å². The van der Waals surface area contributed by atoms with Crippen LogP contribution in [0, 0.1) is 6.92 Å². The summed E-state index contributed by atoms with van der Waals surface area (Å²) in [5.41, 5.74) is 4.78. The van der Waals surface area contributed by atoms with E-state index in [1.807, 2.05) is 4.52 Å². The highest BCUT2D eigenvalue weighted by Crippen LogP contribution is 2.22. The number of aromatic nitrogens is 2. The van der Waals surface area contributed by atoms with Gasteiger partial charge in [0.05, 0.1) is 16.9 Å². The molecule has 0 fully saturated rings. The Morgan fingerprint density at radius 3 is 2.67 bits per heavy atom. The van der Waals surface area contributed by atoms with Gasteiger partial charge < -0.3 is 4.90 Å². The SMILES string of the molecule is CCc1cc(N(C)C)c2cc(C)cn2n1. The van der Waals surface area contributed by atoms with Gasteiger partial charge in [-0.2, -0.15) is 5.10 Å². The normalized spacial score (nSPS) is 10.9. The van der Waals surface area contributed by atoms with Crippen LogP contribution in [0.4, 0.5) is 5.69 Å². The van der Waals surface area contributed by atoms with E-state index in [-0.39, 0.29) is 0 Å². The van der Waals surface area contributed by atoms with Gasteiger partial charge in [0.1, 0.15) is 0 Å². The molecule has 0 saturated carbocycles. The molecule has 0 bridgehead atoms. The number of rotatable bonds is 2. The lowest BCUT2D eigenvalue weighted by Crippen LogP contribution is -2.11. The summed E-state index contributed by atoms with van der Waals surface area (Å²) in [5, 5.41) is 4.55. The fourth-order valence-corrected chi connectivity index (χ4v) is 1.79. The first kappa shape index (κ1) is 10.0. The summed E-state index contributed by atoms with van der Waals surface area (Å²) < 4.78 is 1.98. The first-order valence-corrected chi connectivity index (χ1v) is 5.28. The highest BCUT2D eigenvalue weighted by Gasteiger charge is 2.07. The summed E-state index contributed by atoms with van der Waals surface area (Å²) in [6, 6.07) is 4.33.